The molecule has 2 nitrogen and oxygen atoms in total. The highest BCUT2D eigenvalue weighted by Gasteiger charge is 1.91. The van der Waals surface area contributed by atoms with Gasteiger partial charge in [0.2, 0.25) is 0 Å². The van der Waals surface area contributed by atoms with Gasteiger partial charge in [0.25, 0.3) is 0 Å². The van der Waals surface area contributed by atoms with Crippen molar-refractivity contribution in [1.29, 1.82) is 0 Å². The monoisotopic (exact) mass is 248 g/mol. The zero-order valence-electron chi connectivity index (χ0n) is 11.8. The van der Waals surface area contributed by atoms with Crippen molar-refractivity contribution in [2.75, 3.05) is 0 Å². The first-order valence-electron chi connectivity index (χ1n) is 7.59. The Bertz CT molecular complexity index is 288. The van der Waals surface area contributed by atoms with Gasteiger partial charge in [0, 0.05) is 12.4 Å². The SMILES string of the molecule is CCCCCCCCCCC/C=C/c1ncc[nH]1. The van der Waals surface area contributed by atoms with Crippen LogP contribution < -0.4 is 0 Å². The number of nitrogens with one attached hydrogen (secondary N) is 1. The summed E-state index contributed by atoms with van der Waals surface area (Å²) in [5.41, 5.74) is 0. The zero-order chi connectivity index (χ0) is 12.9. The van der Waals surface area contributed by atoms with Crippen LogP contribution in [0.5, 0.6) is 0 Å². The van der Waals surface area contributed by atoms with Gasteiger partial charge in [0.15, 0.2) is 0 Å². The fourth-order valence-corrected chi connectivity index (χ4v) is 2.14. The van der Waals surface area contributed by atoms with Gasteiger partial charge in [-0.15, -0.1) is 0 Å². The quantitative estimate of drug-likeness (QED) is 0.526. The molecule has 0 saturated carbocycles. The van der Waals surface area contributed by atoms with Gasteiger partial charge in [-0.3, -0.25) is 0 Å². The second-order valence-electron chi connectivity index (χ2n) is 4.99. The van der Waals surface area contributed by atoms with Crippen LogP contribution in [0.1, 0.15) is 77.0 Å². The first kappa shape index (κ1) is 15.0. The molecule has 0 aliphatic rings. The third kappa shape index (κ3) is 8.10. The van der Waals surface area contributed by atoms with Crippen LogP contribution in [0, 0.1) is 0 Å². The van der Waals surface area contributed by atoms with Gasteiger partial charge >= 0.3 is 0 Å². The lowest BCUT2D eigenvalue weighted by Gasteiger charge is -2.00. The predicted molar refractivity (Wildman–Crippen MR) is 79.5 cm³/mol. The van der Waals surface area contributed by atoms with Crippen LogP contribution in [0.15, 0.2) is 18.5 Å². The summed E-state index contributed by atoms with van der Waals surface area (Å²) in [7, 11) is 0. The minimum absolute atomic E-state index is 0.964. The van der Waals surface area contributed by atoms with E-state index in [1.54, 1.807) is 6.20 Å². The lowest BCUT2D eigenvalue weighted by Crippen LogP contribution is -1.81. The second kappa shape index (κ2) is 11.1. The number of nitrogens with zero attached hydrogens (tertiary/aromatic N) is 1. The van der Waals surface area contributed by atoms with Crippen LogP contribution in [-0.4, -0.2) is 9.97 Å². The molecule has 0 radical (unpaired) electrons. The van der Waals surface area contributed by atoms with E-state index in [2.05, 4.69) is 29.0 Å². The van der Waals surface area contributed by atoms with Gasteiger partial charge in [-0.05, 0) is 18.9 Å². The Kier molecular flexibility index (Phi) is 9.23. The van der Waals surface area contributed by atoms with Gasteiger partial charge in [0.05, 0.1) is 0 Å². The van der Waals surface area contributed by atoms with Crippen molar-refractivity contribution < 1.29 is 0 Å². The molecule has 2 heteroatoms. The highest BCUT2D eigenvalue weighted by Crippen LogP contribution is 2.10. The fourth-order valence-electron chi connectivity index (χ4n) is 2.14. The molecule has 0 atom stereocenters. The van der Waals surface area contributed by atoms with Crippen molar-refractivity contribution in [2.45, 2.75) is 71.1 Å². The summed E-state index contributed by atoms with van der Waals surface area (Å²) in [4.78, 5) is 7.23. The summed E-state index contributed by atoms with van der Waals surface area (Å²) >= 11 is 0. The van der Waals surface area contributed by atoms with E-state index in [1.165, 1.54) is 64.2 Å². The Balaban J connectivity index is 1.81. The Hall–Kier alpha value is -1.05. The average Bonchev–Trinajstić information content (AvgIpc) is 2.89. The van der Waals surface area contributed by atoms with Crippen molar-refractivity contribution in [3.05, 3.63) is 24.3 Å². The lowest BCUT2D eigenvalue weighted by molar-refractivity contribution is 0.566. The van der Waals surface area contributed by atoms with Crippen LogP contribution in [0.2, 0.25) is 0 Å². The predicted octanol–water partition coefficient (Wildman–Crippen LogP) is 5.34. The number of hydrogen-bond donors (Lipinski definition) is 1. The first-order valence-corrected chi connectivity index (χ1v) is 7.59. The van der Waals surface area contributed by atoms with Crippen LogP contribution >= 0.6 is 0 Å². The number of aromatic nitrogens is 2. The highest BCUT2D eigenvalue weighted by atomic mass is 14.9. The van der Waals surface area contributed by atoms with Crippen LogP contribution in [0.3, 0.4) is 0 Å². The average molecular weight is 248 g/mol. The molecule has 0 aliphatic carbocycles. The van der Waals surface area contributed by atoms with Crippen molar-refractivity contribution >= 4 is 6.08 Å². The second-order valence-corrected chi connectivity index (χ2v) is 4.99. The van der Waals surface area contributed by atoms with Gasteiger partial charge in [-0.25, -0.2) is 4.98 Å². The van der Waals surface area contributed by atoms with Crippen LogP contribution in [0.25, 0.3) is 6.08 Å². The summed E-state index contributed by atoms with van der Waals surface area (Å²) in [6.07, 6.45) is 21.7. The first-order chi connectivity index (χ1) is 8.93. The largest absolute Gasteiger partial charge is 0.345 e. The molecule has 0 bridgehead atoms. The maximum Gasteiger partial charge on any atom is 0.129 e. The molecule has 1 aromatic rings. The molecule has 0 saturated heterocycles. The van der Waals surface area contributed by atoms with E-state index in [-0.39, 0.29) is 0 Å². The molecule has 1 rings (SSSR count). The highest BCUT2D eigenvalue weighted by molar-refractivity contribution is 5.38. The standard InChI is InChI=1S/C16H28N2/c1-2-3-4-5-6-7-8-9-10-11-12-13-16-17-14-15-18-16/h12-15H,2-11H2,1H3,(H,17,18)/b13-12+. The van der Waals surface area contributed by atoms with E-state index < -0.39 is 0 Å². The summed E-state index contributed by atoms with van der Waals surface area (Å²) < 4.78 is 0. The molecule has 1 aromatic heterocycles. The van der Waals surface area contributed by atoms with Crippen molar-refractivity contribution in [2.24, 2.45) is 0 Å². The van der Waals surface area contributed by atoms with Crippen molar-refractivity contribution in [1.82, 2.24) is 9.97 Å². The Morgan fingerprint density at radius 2 is 1.67 bits per heavy atom. The van der Waals surface area contributed by atoms with E-state index >= 15 is 0 Å². The maximum atomic E-state index is 4.16. The molecule has 0 aromatic carbocycles. The van der Waals surface area contributed by atoms with Crippen molar-refractivity contribution in [3.8, 4) is 0 Å². The molecule has 102 valence electrons. The number of aromatic amines is 1. The summed E-state index contributed by atoms with van der Waals surface area (Å²) in [5, 5.41) is 0. The van der Waals surface area contributed by atoms with E-state index in [4.69, 9.17) is 0 Å². The normalized spacial score (nSPS) is 11.4. The molecule has 0 fully saturated rings. The topological polar surface area (TPSA) is 28.7 Å². The summed E-state index contributed by atoms with van der Waals surface area (Å²) in [6, 6.07) is 0. The maximum absolute atomic E-state index is 4.16. The Morgan fingerprint density at radius 3 is 2.28 bits per heavy atom. The van der Waals surface area contributed by atoms with Gasteiger partial charge in [-0.1, -0.05) is 64.4 Å². The molecule has 0 spiro atoms. The van der Waals surface area contributed by atoms with E-state index in [0.29, 0.717) is 0 Å². The molecular formula is C16H28N2. The molecule has 0 aliphatic heterocycles. The van der Waals surface area contributed by atoms with E-state index in [0.717, 1.165) is 5.82 Å². The fraction of sp³-hybridized carbons (Fsp3) is 0.688. The number of H-pyrrole nitrogens is 1. The molecule has 0 unspecified atom stereocenters. The summed E-state index contributed by atoms with van der Waals surface area (Å²) in [6.45, 7) is 2.27. The van der Waals surface area contributed by atoms with Gasteiger partial charge in [0.1, 0.15) is 5.82 Å². The molecule has 1 N–H and O–H groups in total. The Labute approximate surface area is 112 Å². The van der Waals surface area contributed by atoms with E-state index in [1.807, 2.05) is 6.20 Å². The molecular weight excluding hydrogens is 220 g/mol. The van der Waals surface area contributed by atoms with E-state index in [9.17, 15) is 0 Å². The Morgan fingerprint density at radius 1 is 1.00 bits per heavy atom. The third-order valence-corrected chi connectivity index (χ3v) is 3.27. The van der Waals surface area contributed by atoms with Crippen molar-refractivity contribution in [3.63, 3.8) is 0 Å². The summed E-state index contributed by atoms with van der Waals surface area (Å²) in [5.74, 6) is 0.964. The van der Waals surface area contributed by atoms with Crippen LogP contribution in [0.4, 0.5) is 0 Å². The number of hydrogen-bond acceptors (Lipinski definition) is 1. The number of imidazole rings is 1. The number of allylic oxidation sites excluding steroid dienone is 1. The third-order valence-electron chi connectivity index (χ3n) is 3.27. The van der Waals surface area contributed by atoms with Gasteiger partial charge < -0.3 is 4.98 Å². The minimum atomic E-state index is 0.964. The lowest BCUT2D eigenvalue weighted by atomic mass is 10.1. The minimum Gasteiger partial charge on any atom is -0.345 e. The molecule has 18 heavy (non-hydrogen) atoms. The smallest absolute Gasteiger partial charge is 0.129 e. The number of unbranched alkanes of at least 4 members (excludes halogenated alkanes) is 9. The van der Waals surface area contributed by atoms with Crippen LogP contribution in [-0.2, 0) is 0 Å². The molecule has 1 heterocycles. The number of rotatable bonds is 11. The van der Waals surface area contributed by atoms with Gasteiger partial charge in [-0.2, -0.15) is 0 Å². The zero-order valence-corrected chi connectivity index (χ0v) is 11.8. The molecule has 0 amide bonds.